The van der Waals surface area contributed by atoms with Crippen LogP contribution >= 0.6 is 46.0 Å². The number of nitrogens with zero attached hydrogens (tertiary/aromatic N) is 3. The lowest BCUT2D eigenvalue weighted by Crippen LogP contribution is -3.00. The molecule has 6 nitrogen and oxygen atoms in total. The van der Waals surface area contributed by atoms with Crippen LogP contribution in [0.2, 0.25) is 5.02 Å². The maximum atomic E-state index is 13.4. The van der Waals surface area contributed by atoms with Crippen LogP contribution in [0.15, 0.2) is 63.7 Å². The zero-order valence-corrected chi connectivity index (χ0v) is 23.2. The Morgan fingerprint density at radius 3 is 2.75 bits per heavy atom. The maximum absolute atomic E-state index is 13.4. The van der Waals surface area contributed by atoms with Crippen molar-refractivity contribution >= 4 is 68.8 Å². The van der Waals surface area contributed by atoms with Gasteiger partial charge < -0.3 is 22.4 Å². The fourth-order valence-corrected chi connectivity index (χ4v) is 7.61. The SMILES string of the molecule is CCn1c(=O)/c(=C2\Sc3cc(Cl)ccc3N2C)s/c1=C\c1scc[n+]1Cc1ccccc1C(=O)O.[Cl-]. The van der Waals surface area contributed by atoms with Gasteiger partial charge in [0.2, 0.25) is 0 Å². The van der Waals surface area contributed by atoms with Crippen molar-refractivity contribution < 1.29 is 26.9 Å². The summed E-state index contributed by atoms with van der Waals surface area (Å²) < 4.78 is 5.34. The fraction of sp³-hybridized carbons (Fsp3) is 0.160. The molecule has 0 amide bonds. The Bertz CT molecular complexity index is 1640. The molecule has 1 aliphatic heterocycles. The van der Waals surface area contributed by atoms with Crippen LogP contribution < -0.4 is 36.6 Å². The molecule has 3 heterocycles. The van der Waals surface area contributed by atoms with Gasteiger partial charge in [0.05, 0.1) is 22.7 Å². The summed E-state index contributed by atoms with van der Waals surface area (Å²) in [5.41, 5.74) is 2.03. The van der Waals surface area contributed by atoms with Crippen molar-refractivity contribution in [3.05, 3.63) is 94.7 Å². The zero-order valence-electron chi connectivity index (χ0n) is 19.3. The Morgan fingerprint density at radius 1 is 1.22 bits per heavy atom. The lowest BCUT2D eigenvalue weighted by atomic mass is 10.1. The summed E-state index contributed by atoms with van der Waals surface area (Å²) in [7, 11) is 1.97. The van der Waals surface area contributed by atoms with Gasteiger partial charge in [-0.25, -0.2) is 4.79 Å². The van der Waals surface area contributed by atoms with E-state index < -0.39 is 5.97 Å². The molecule has 186 valence electrons. The Labute approximate surface area is 230 Å². The van der Waals surface area contributed by atoms with Crippen molar-refractivity contribution in [3.63, 3.8) is 0 Å². The topological polar surface area (TPSA) is 66.4 Å². The first-order valence-corrected chi connectivity index (χ1v) is 13.7. The van der Waals surface area contributed by atoms with Crippen molar-refractivity contribution in [2.45, 2.75) is 24.9 Å². The molecule has 0 unspecified atom stereocenters. The summed E-state index contributed by atoms with van der Waals surface area (Å²) in [6, 6.07) is 12.8. The Morgan fingerprint density at radius 2 is 2.00 bits per heavy atom. The number of hydrogen-bond acceptors (Lipinski definition) is 6. The molecule has 5 rings (SSSR count). The van der Waals surface area contributed by atoms with Crippen LogP contribution in [0, 0.1) is 0 Å². The highest BCUT2D eigenvalue weighted by Crippen LogP contribution is 2.46. The monoisotopic (exact) mass is 577 g/mol. The molecular weight excluding hydrogens is 557 g/mol. The van der Waals surface area contributed by atoms with Crippen molar-refractivity contribution in [1.82, 2.24) is 4.57 Å². The number of aromatic nitrogens is 2. The number of halogens is 2. The molecule has 0 atom stereocenters. The molecule has 36 heavy (non-hydrogen) atoms. The van der Waals surface area contributed by atoms with E-state index in [9.17, 15) is 14.7 Å². The highest BCUT2D eigenvalue weighted by Gasteiger charge is 2.25. The van der Waals surface area contributed by atoms with Crippen LogP contribution in [0.4, 0.5) is 5.69 Å². The summed E-state index contributed by atoms with van der Waals surface area (Å²) >= 11 is 10.8. The lowest BCUT2D eigenvalue weighted by Gasteiger charge is -2.12. The molecule has 1 N–H and O–H groups in total. The molecule has 0 saturated carbocycles. The van der Waals surface area contributed by atoms with Gasteiger partial charge in [-0.1, -0.05) is 52.9 Å². The van der Waals surface area contributed by atoms with Gasteiger partial charge in [-0.2, -0.15) is 4.57 Å². The second kappa shape index (κ2) is 10.8. The predicted octanol–water partition coefficient (Wildman–Crippen LogP) is 0.819. The molecule has 0 spiro atoms. The molecule has 0 fully saturated rings. The van der Waals surface area contributed by atoms with Crippen molar-refractivity contribution in [3.8, 4) is 0 Å². The van der Waals surface area contributed by atoms with E-state index in [-0.39, 0.29) is 18.0 Å². The zero-order chi connectivity index (χ0) is 24.7. The first-order valence-electron chi connectivity index (χ1n) is 10.8. The third-order valence-electron chi connectivity index (χ3n) is 5.77. The van der Waals surface area contributed by atoms with E-state index in [0.29, 0.717) is 28.2 Å². The molecule has 0 aliphatic carbocycles. The number of hydrogen-bond donors (Lipinski definition) is 1. The number of carboxylic acids is 1. The third kappa shape index (κ3) is 4.86. The number of carboxylic acid groups (broad SMARTS) is 1. The van der Waals surface area contributed by atoms with Gasteiger partial charge in [0, 0.05) is 29.1 Å². The number of anilines is 1. The highest BCUT2D eigenvalue weighted by molar-refractivity contribution is 8.08. The molecule has 0 radical (unpaired) electrons. The molecule has 1 aliphatic rings. The molecule has 11 heteroatoms. The number of thiazole rings is 2. The van der Waals surface area contributed by atoms with Gasteiger partial charge in [-0.3, -0.25) is 9.36 Å². The van der Waals surface area contributed by atoms with Crippen LogP contribution in [-0.2, 0) is 13.1 Å². The van der Waals surface area contributed by atoms with Crippen LogP contribution in [-0.4, -0.2) is 22.7 Å². The number of fused-ring (bicyclic) bond motifs is 1. The van der Waals surface area contributed by atoms with Crippen molar-refractivity contribution in [2.75, 3.05) is 11.9 Å². The van der Waals surface area contributed by atoms with Gasteiger partial charge >= 0.3 is 5.97 Å². The number of carbonyl (C=O) groups is 1. The second-order valence-corrected chi connectivity index (χ2v) is 11.3. The quantitative estimate of drug-likeness (QED) is 0.356. The average Bonchev–Trinajstić information content (AvgIpc) is 3.50. The summed E-state index contributed by atoms with van der Waals surface area (Å²) in [6.45, 7) is 2.94. The molecule has 0 bridgehead atoms. The minimum Gasteiger partial charge on any atom is -1.00 e. The smallest absolute Gasteiger partial charge is 0.336 e. The third-order valence-corrected chi connectivity index (χ3v) is 9.32. The fourth-order valence-electron chi connectivity index (χ4n) is 4.01. The summed E-state index contributed by atoms with van der Waals surface area (Å²) in [4.78, 5) is 28.1. The summed E-state index contributed by atoms with van der Waals surface area (Å²) in [5.74, 6) is -0.942. The normalized spacial score (nSPS) is 14.6. The molecular formula is C25H21Cl2N3O3S3. The van der Waals surface area contributed by atoms with Crippen LogP contribution in [0.3, 0.4) is 0 Å². The number of benzene rings is 2. The lowest BCUT2D eigenvalue weighted by molar-refractivity contribution is -0.685. The molecule has 2 aromatic carbocycles. The van der Waals surface area contributed by atoms with Gasteiger partial charge in [0.1, 0.15) is 14.2 Å². The number of aromatic carboxylic acids is 1. The number of rotatable bonds is 5. The highest BCUT2D eigenvalue weighted by atomic mass is 35.5. The Balaban J connectivity index is 0.00000304. The van der Waals surface area contributed by atoms with Gasteiger partial charge in [0.15, 0.2) is 12.7 Å². The summed E-state index contributed by atoms with van der Waals surface area (Å²) in [6.07, 6.45) is 3.95. The van der Waals surface area contributed by atoms with E-state index in [2.05, 4.69) is 0 Å². The Hall–Kier alpha value is -2.56. The standard InChI is InChI=1S/C25H20ClN3O3S3.ClH/c1-3-29-21(13-20-28(10-11-33-20)14-15-6-4-5-7-17(15)25(31)32)35-22(23(29)30)24-27(2)18-9-8-16(26)12-19(18)34-24;/h4-13H,3,14H2,1-2H3;1H/b24-22+;. The minimum atomic E-state index is -0.942. The second-order valence-electron chi connectivity index (χ2n) is 7.87. The predicted molar refractivity (Wildman–Crippen MR) is 143 cm³/mol. The van der Waals surface area contributed by atoms with Gasteiger partial charge in [-0.05, 0) is 31.2 Å². The average molecular weight is 579 g/mol. The van der Waals surface area contributed by atoms with Crippen molar-refractivity contribution in [1.29, 1.82) is 0 Å². The van der Waals surface area contributed by atoms with Gasteiger partial charge in [0.25, 0.3) is 10.6 Å². The molecule has 0 saturated heterocycles. The van der Waals surface area contributed by atoms with Crippen LogP contribution in [0.1, 0.15) is 27.9 Å². The Kier molecular flexibility index (Phi) is 7.96. The first-order chi connectivity index (χ1) is 16.9. The summed E-state index contributed by atoms with van der Waals surface area (Å²) in [5, 5.41) is 14.0. The van der Waals surface area contributed by atoms with E-state index in [1.807, 2.05) is 71.4 Å². The van der Waals surface area contributed by atoms with E-state index in [1.54, 1.807) is 39.8 Å². The van der Waals surface area contributed by atoms with E-state index >= 15 is 0 Å². The minimum absolute atomic E-state index is 0. The van der Waals surface area contributed by atoms with Crippen LogP contribution in [0.5, 0.6) is 0 Å². The first kappa shape index (κ1) is 26.5. The van der Waals surface area contributed by atoms with Crippen molar-refractivity contribution in [2.24, 2.45) is 0 Å². The maximum Gasteiger partial charge on any atom is 0.336 e. The van der Waals surface area contributed by atoms with E-state index in [1.165, 1.54) is 11.3 Å². The van der Waals surface area contributed by atoms with Gasteiger partial charge in [-0.15, -0.1) is 11.3 Å². The van der Waals surface area contributed by atoms with E-state index in [4.69, 9.17) is 11.6 Å². The largest absolute Gasteiger partial charge is 1.00 e. The molecule has 4 aromatic rings. The molecule has 2 aromatic heterocycles. The number of thioether (sulfide) groups is 1. The van der Waals surface area contributed by atoms with E-state index in [0.717, 1.165) is 30.8 Å². The van der Waals surface area contributed by atoms with Crippen LogP contribution in [0.25, 0.3) is 11.1 Å².